The van der Waals surface area contributed by atoms with Crippen molar-refractivity contribution in [3.8, 4) is 17.1 Å². The number of morpholine rings is 1. The van der Waals surface area contributed by atoms with Gasteiger partial charge in [0.05, 0.1) is 20.3 Å². The number of benzene rings is 2. The third kappa shape index (κ3) is 4.41. The second-order valence-electron chi connectivity index (χ2n) is 6.67. The summed E-state index contributed by atoms with van der Waals surface area (Å²) in [6, 6.07) is 17.1. The molecule has 1 aromatic heterocycles. The zero-order chi connectivity index (χ0) is 20.1. The molecule has 0 spiro atoms. The minimum absolute atomic E-state index is 0.207. The molecule has 7 heteroatoms. The second kappa shape index (κ2) is 8.79. The first kappa shape index (κ1) is 19.0. The number of anilines is 1. The molecular formula is C22H23N3O4. The molecule has 1 N–H and O–H groups in total. The van der Waals surface area contributed by atoms with E-state index >= 15 is 0 Å². The maximum absolute atomic E-state index is 12.9. The van der Waals surface area contributed by atoms with Crippen molar-refractivity contribution < 1.29 is 19.0 Å². The number of ether oxygens (including phenoxy) is 3. The number of nitrogens with one attached hydrogen (secondary N) is 1. The van der Waals surface area contributed by atoms with Gasteiger partial charge < -0.3 is 24.1 Å². The number of carbonyl (C=O) groups excluding carboxylic acids is 1. The van der Waals surface area contributed by atoms with Crippen LogP contribution < -0.4 is 9.64 Å². The van der Waals surface area contributed by atoms with Crippen LogP contribution in [0.2, 0.25) is 0 Å². The monoisotopic (exact) mass is 393 g/mol. The molecule has 2 aromatic carbocycles. The van der Waals surface area contributed by atoms with E-state index in [0.717, 1.165) is 16.9 Å². The maximum atomic E-state index is 12.9. The number of aromatic amines is 1. The summed E-state index contributed by atoms with van der Waals surface area (Å²) in [5, 5.41) is 0. The molecule has 29 heavy (non-hydrogen) atoms. The highest BCUT2D eigenvalue weighted by Gasteiger charge is 2.25. The van der Waals surface area contributed by atoms with Gasteiger partial charge in [0.2, 0.25) is 0 Å². The van der Waals surface area contributed by atoms with Gasteiger partial charge in [-0.2, -0.15) is 0 Å². The fraction of sp³-hybridized carbons (Fsp3) is 0.273. The Morgan fingerprint density at radius 1 is 1.10 bits per heavy atom. The van der Waals surface area contributed by atoms with Gasteiger partial charge in [-0.15, -0.1) is 0 Å². The highest BCUT2D eigenvalue weighted by atomic mass is 16.5. The number of esters is 1. The lowest BCUT2D eigenvalue weighted by Crippen LogP contribution is -2.37. The molecule has 0 atom stereocenters. The van der Waals surface area contributed by atoms with Crippen LogP contribution in [-0.2, 0) is 16.1 Å². The Morgan fingerprint density at radius 2 is 1.83 bits per heavy atom. The average Bonchev–Trinajstić information content (AvgIpc) is 3.24. The van der Waals surface area contributed by atoms with E-state index in [9.17, 15) is 4.79 Å². The molecular weight excluding hydrogens is 370 g/mol. The van der Waals surface area contributed by atoms with Gasteiger partial charge >= 0.3 is 5.97 Å². The van der Waals surface area contributed by atoms with Crippen molar-refractivity contribution in [1.82, 2.24) is 9.97 Å². The third-order valence-electron chi connectivity index (χ3n) is 4.78. The molecule has 0 radical (unpaired) electrons. The van der Waals surface area contributed by atoms with Crippen molar-refractivity contribution in [3.05, 3.63) is 65.9 Å². The highest BCUT2D eigenvalue weighted by molar-refractivity contribution is 5.94. The molecule has 1 saturated heterocycles. The molecule has 1 aliphatic heterocycles. The lowest BCUT2D eigenvalue weighted by atomic mass is 10.2. The number of hydrogen-bond donors (Lipinski definition) is 1. The van der Waals surface area contributed by atoms with Gasteiger partial charge in [-0.25, -0.2) is 9.78 Å². The van der Waals surface area contributed by atoms with E-state index in [2.05, 4.69) is 4.98 Å². The lowest BCUT2D eigenvalue weighted by molar-refractivity contribution is 0.0466. The van der Waals surface area contributed by atoms with Crippen LogP contribution in [0.4, 0.5) is 5.82 Å². The maximum Gasteiger partial charge on any atom is 0.359 e. The predicted molar refractivity (Wildman–Crippen MR) is 109 cm³/mol. The summed E-state index contributed by atoms with van der Waals surface area (Å²) in [7, 11) is 1.62. The number of rotatable bonds is 6. The van der Waals surface area contributed by atoms with Crippen molar-refractivity contribution in [1.29, 1.82) is 0 Å². The summed E-state index contributed by atoms with van der Waals surface area (Å²) in [6.45, 7) is 2.75. The topological polar surface area (TPSA) is 76.7 Å². The van der Waals surface area contributed by atoms with E-state index < -0.39 is 5.97 Å². The van der Waals surface area contributed by atoms with Crippen molar-refractivity contribution in [3.63, 3.8) is 0 Å². The standard InChI is InChI=1S/C22H23N3O4/c1-27-18-9-7-17(8-10-18)20-23-19(21(24-20)25-11-13-28-14-12-25)22(26)29-15-16-5-3-2-4-6-16/h2-10H,11-15H2,1H3,(H,23,24). The number of imidazole rings is 1. The SMILES string of the molecule is COc1ccc(-c2nc(N3CCOCC3)c(C(=O)OCc3ccccc3)[nH]2)cc1. The molecule has 7 nitrogen and oxygen atoms in total. The predicted octanol–water partition coefficient (Wildman–Crippen LogP) is 3.28. The summed E-state index contributed by atoms with van der Waals surface area (Å²) in [6.07, 6.45) is 0. The zero-order valence-corrected chi connectivity index (χ0v) is 16.3. The van der Waals surface area contributed by atoms with Gasteiger partial charge in [-0.05, 0) is 29.8 Å². The van der Waals surface area contributed by atoms with Crippen LogP contribution in [0.5, 0.6) is 5.75 Å². The summed E-state index contributed by atoms with van der Waals surface area (Å²) in [5.74, 6) is 1.54. The largest absolute Gasteiger partial charge is 0.497 e. The van der Waals surface area contributed by atoms with Crippen LogP contribution in [0, 0.1) is 0 Å². The Hall–Kier alpha value is -3.32. The van der Waals surface area contributed by atoms with E-state index in [1.165, 1.54) is 0 Å². The van der Waals surface area contributed by atoms with E-state index in [1.807, 2.05) is 59.5 Å². The number of hydrogen-bond acceptors (Lipinski definition) is 6. The van der Waals surface area contributed by atoms with Crippen molar-refractivity contribution in [2.45, 2.75) is 6.61 Å². The average molecular weight is 393 g/mol. The summed E-state index contributed by atoms with van der Waals surface area (Å²) in [5.41, 5.74) is 2.15. The lowest BCUT2D eigenvalue weighted by Gasteiger charge is -2.27. The molecule has 1 fully saturated rings. The molecule has 0 bridgehead atoms. The normalized spacial score (nSPS) is 13.9. The summed E-state index contributed by atoms with van der Waals surface area (Å²) in [4.78, 5) is 22.8. The minimum atomic E-state index is -0.428. The molecule has 1 aliphatic rings. The number of nitrogens with zero attached hydrogens (tertiary/aromatic N) is 2. The Bertz CT molecular complexity index is 948. The van der Waals surface area contributed by atoms with E-state index in [1.54, 1.807) is 7.11 Å². The van der Waals surface area contributed by atoms with Gasteiger partial charge in [0.1, 0.15) is 18.2 Å². The molecule has 2 heterocycles. The summed E-state index contributed by atoms with van der Waals surface area (Å²) < 4.78 is 16.2. The van der Waals surface area contributed by atoms with Crippen LogP contribution in [0.1, 0.15) is 16.1 Å². The molecule has 3 aromatic rings. The molecule has 0 unspecified atom stereocenters. The molecule has 0 aliphatic carbocycles. The number of carbonyl (C=O) groups is 1. The van der Waals surface area contributed by atoms with Gasteiger partial charge in [0.25, 0.3) is 0 Å². The Balaban J connectivity index is 1.60. The van der Waals surface area contributed by atoms with Crippen molar-refractivity contribution >= 4 is 11.8 Å². The minimum Gasteiger partial charge on any atom is -0.497 e. The van der Waals surface area contributed by atoms with Crippen LogP contribution in [-0.4, -0.2) is 49.4 Å². The zero-order valence-electron chi connectivity index (χ0n) is 16.3. The Kier molecular flexibility index (Phi) is 5.76. The van der Waals surface area contributed by atoms with Gasteiger partial charge in [-0.3, -0.25) is 0 Å². The molecule has 4 rings (SSSR count). The number of aromatic nitrogens is 2. The van der Waals surface area contributed by atoms with Crippen molar-refractivity contribution in [2.24, 2.45) is 0 Å². The smallest absolute Gasteiger partial charge is 0.359 e. The van der Waals surface area contributed by atoms with Crippen molar-refractivity contribution in [2.75, 3.05) is 38.3 Å². The fourth-order valence-electron chi connectivity index (χ4n) is 3.19. The van der Waals surface area contributed by atoms with Crippen LogP contribution in [0.3, 0.4) is 0 Å². The van der Waals surface area contributed by atoms with Gasteiger partial charge in [-0.1, -0.05) is 30.3 Å². The first-order chi connectivity index (χ1) is 14.2. The molecule has 0 amide bonds. The van der Waals surface area contributed by atoms with Gasteiger partial charge in [0, 0.05) is 18.7 Å². The Morgan fingerprint density at radius 3 is 2.52 bits per heavy atom. The van der Waals surface area contributed by atoms with E-state index in [4.69, 9.17) is 19.2 Å². The second-order valence-corrected chi connectivity index (χ2v) is 6.67. The first-order valence-electron chi connectivity index (χ1n) is 9.53. The molecule has 150 valence electrons. The number of H-pyrrole nitrogens is 1. The van der Waals surface area contributed by atoms with Crippen LogP contribution in [0.25, 0.3) is 11.4 Å². The third-order valence-corrected chi connectivity index (χ3v) is 4.78. The fourth-order valence-corrected chi connectivity index (χ4v) is 3.19. The Labute approximate surface area is 169 Å². The van der Waals surface area contributed by atoms with E-state index in [-0.39, 0.29) is 6.61 Å². The van der Waals surface area contributed by atoms with Gasteiger partial charge in [0.15, 0.2) is 11.5 Å². The number of methoxy groups -OCH3 is 1. The summed E-state index contributed by atoms with van der Waals surface area (Å²) >= 11 is 0. The van der Waals surface area contributed by atoms with Crippen LogP contribution >= 0.6 is 0 Å². The molecule has 0 saturated carbocycles. The quantitative estimate of drug-likeness (QED) is 0.648. The highest BCUT2D eigenvalue weighted by Crippen LogP contribution is 2.27. The first-order valence-corrected chi connectivity index (χ1v) is 9.53. The van der Waals surface area contributed by atoms with Crippen LogP contribution in [0.15, 0.2) is 54.6 Å². The van der Waals surface area contributed by atoms with E-state index in [0.29, 0.717) is 43.6 Å².